The van der Waals surface area contributed by atoms with Crippen molar-refractivity contribution in [3.05, 3.63) is 119 Å². The van der Waals surface area contributed by atoms with Gasteiger partial charge in [0.25, 0.3) is 0 Å². The van der Waals surface area contributed by atoms with Crippen LogP contribution in [0.4, 0.5) is 0 Å². The molecule has 0 amide bonds. The number of aliphatic carboxylic acids is 2. The molecule has 0 fully saturated rings. The molecule has 19 heteroatoms. The molecule has 4 rings (SSSR count). The van der Waals surface area contributed by atoms with Crippen LogP contribution in [-0.2, 0) is 87.4 Å². The van der Waals surface area contributed by atoms with Crippen molar-refractivity contribution in [3.63, 3.8) is 0 Å². The van der Waals surface area contributed by atoms with E-state index in [4.69, 9.17) is 39.2 Å². The van der Waals surface area contributed by atoms with Crippen LogP contribution in [0.2, 0.25) is 0 Å². The molecule has 4 aromatic carbocycles. The first-order valence-electron chi connectivity index (χ1n) is 15.0. The Balaban J connectivity index is -0.000000786. The smallest absolute Gasteiger partial charge is 0.872 e. The molecule has 0 spiro atoms. The van der Waals surface area contributed by atoms with Gasteiger partial charge in [-0.1, -0.05) is 141 Å². The summed E-state index contributed by atoms with van der Waals surface area (Å²) in [5.41, 5.74) is 1.81. The molecule has 0 saturated carbocycles. The summed E-state index contributed by atoms with van der Waals surface area (Å²) < 4.78 is 0. The first-order chi connectivity index (χ1) is 25.0. The van der Waals surface area contributed by atoms with Crippen LogP contribution in [0.1, 0.15) is 36.1 Å². The second-order valence-electron chi connectivity index (χ2n) is 9.41. The van der Waals surface area contributed by atoms with E-state index in [1.165, 1.54) is 49.1 Å². The van der Waals surface area contributed by atoms with E-state index in [0.29, 0.717) is 22.3 Å². The first-order valence-corrected chi connectivity index (χ1v) is 15.0. The Labute approximate surface area is 356 Å². The normalized spacial score (nSPS) is 9.78. The molecule has 276 valence electrons. The second kappa shape index (κ2) is 34.5. The van der Waals surface area contributed by atoms with Gasteiger partial charge in [-0.25, -0.2) is 0 Å². The van der Waals surface area contributed by atoms with Crippen molar-refractivity contribution in [1.82, 2.24) is 0 Å². The van der Waals surface area contributed by atoms with E-state index >= 15 is 0 Å². The summed E-state index contributed by atoms with van der Waals surface area (Å²) in [6, 6.07) is 26.0. The minimum atomic E-state index is -1.08. The Bertz CT molecular complexity index is 1510. The van der Waals surface area contributed by atoms with Crippen LogP contribution in [0.3, 0.4) is 0 Å². The van der Waals surface area contributed by atoms with Crippen LogP contribution >= 0.6 is 0 Å². The number of hydrogen-bond acceptors (Lipinski definition) is 16. The summed E-state index contributed by atoms with van der Waals surface area (Å²) in [5.74, 6) is -2.64. The predicted molar refractivity (Wildman–Crippen MR) is 179 cm³/mol. The number of carboxylic acids is 2. The van der Waals surface area contributed by atoms with E-state index in [1.807, 2.05) is 0 Å². The molecule has 0 bridgehead atoms. The molecular formula is C36H34N4O12Zn3. The van der Waals surface area contributed by atoms with E-state index in [0.717, 1.165) is 13.8 Å². The van der Waals surface area contributed by atoms with Gasteiger partial charge in [0.2, 0.25) is 0 Å². The molecule has 0 atom stereocenters. The Hall–Kier alpha value is -5.23. The maximum atomic E-state index is 11.4. The topological polar surface area (TPSA) is 259 Å². The van der Waals surface area contributed by atoms with Crippen LogP contribution in [0.5, 0.6) is 23.0 Å². The zero-order chi connectivity index (χ0) is 38.4. The van der Waals surface area contributed by atoms with Crippen molar-refractivity contribution in [2.24, 2.45) is 20.6 Å². The largest absolute Gasteiger partial charge is 2.00 e. The van der Waals surface area contributed by atoms with Crippen molar-refractivity contribution < 1.29 is 118 Å². The fourth-order valence-corrected chi connectivity index (χ4v) is 3.08. The van der Waals surface area contributed by atoms with Crippen molar-refractivity contribution in [1.29, 1.82) is 0 Å². The molecule has 0 aliphatic heterocycles. The van der Waals surface area contributed by atoms with Crippen molar-refractivity contribution in [2.45, 2.75) is 13.8 Å². The Kier molecular flexibility index (Phi) is 34.0. The molecule has 0 aliphatic carbocycles. The summed E-state index contributed by atoms with van der Waals surface area (Å²) in [6.07, 6.45) is 5.39. The molecule has 0 aliphatic rings. The predicted octanol–water partition coefficient (Wildman–Crippen LogP) is -0.0251. The summed E-state index contributed by atoms with van der Waals surface area (Å²) in [5, 5.41) is 77.9. The number of nitrogens with zero attached hydrogens (tertiary/aromatic N) is 4. The third kappa shape index (κ3) is 28.9. The van der Waals surface area contributed by atoms with Gasteiger partial charge in [0, 0.05) is 11.9 Å². The van der Waals surface area contributed by atoms with E-state index in [2.05, 4.69) is 20.6 Å². The van der Waals surface area contributed by atoms with Gasteiger partial charge in [0.1, 0.15) is 0 Å². The fraction of sp³-hybridized carbons (Fsp3) is 0.167. The van der Waals surface area contributed by atoms with Crippen molar-refractivity contribution in [2.75, 3.05) is 26.4 Å². The first kappa shape index (κ1) is 54.1. The molecule has 55 heavy (non-hydrogen) atoms. The Morgan fingerprint density at radius 3 is 0.764 bits per heavy atom. The molecule has 4 aromatic rings. The zero-order valence-corrected chi connectivity index (χ0v) is 39.1. The van der Waals surface area contributed by atoms with Gasteiger partial charge in [-0.2, -0.15) is 0 Å². The fourth-order valence-electron chi connectivity index (χ4n) is 3.08. The minimum absolute atomic E-state index is 0. The van der Waals surface area contributed by atoms with Crippen LogP contribution < -0.4 is 30.6 Å². The van der Waals surface area contributed by atoms with Crippen molar-refractivity contribution >= 4 is 36.8 Å². The Morgan fingerprint density at radius 2 is 0.600 bits per heavy atom. The van der Waals surface area contributed by atoms with Gasteiger partial charge in [0.15, 0.2) is 26.4 Å². The molecule has 0 saturated heterocycles. The number of para-hydroxylation sites is 4. The SMILES string of the molecule is CC(=O)[O-].CC(=O)[O-].[O-]c1ccccc1/C=N/OCCO/N=C/c1ccccc1[O-].[O-]c1ccccc1/C=N/OCCO/N=C/c1ccccc1[O-].[Zn+2].[Zn+2].[Zn+2]. The average molecular weight is 911 g/mol. The number of rotatable bonds is 14. The summed E-state index contributed by atoms with van der Waals surface area (Å²) in [4.78, 5) is 37.5. The van der Waals surface area contributed by atoms with Gasteiger partial charge in [0.05, 0.1) is 24.9 Å². The maximum Gasteiger partial charge on any atom is 2.00 e. The third-order valence-electron chi connectivity index (χ3n) is 5.27. The van der Waals surface area contributed by atoms with E-state index in [9.17, 15) is 20.4 Å². The number of carbonyl (C=O) groups excluding carboxylic acids is 2. The van der Waals surface area contributed by atoms with E-state index in [-0.39, 0.29) is 108 Å². The molecule has 16 nitrogen and oxygen atoms in total. The van der Waals surface area contributed by atoms with Gasteiger partial charge < -0.3 is 59.6 Å². The minimum Gasteiger partial charge on any atom is -0.872 e. The third-order valence-corrected chi connectivity index (χ3v) is 5.27. The average Bonchev–Trinajstić information content (AvgIpc) is 3.10. The van der Waals surface area contributed by atoms with Gasteiger partial charge in [-0.3, -0.25) is 0 Å². The summed E-state index contributed by atoms with van der Waals surface area (Å²) in [6.45, 7) is 2.64. The van der Waals surface area contributed by atoms with Crippen LogP contribution in [0.25, 0.3) is 0 Å². The summed E-state index contributed by atoms with van der Waals surface area (Å²) >= 11 is 0. The molecule has 0 heterocycles. The zero-order valence-electron chi connectivity index (χ0n) is 30.2. The standard InChI is InChI=1S/2C16H16N2O4.2C2H4O2.3Zn/c2*19-15-7-3-1-5-13(15)11-17-21-9-10-22-18-12-14-6-2-4-8-16(14)20;2*1-2(3)4;;;/h2*1-8,11-12,19-20H,9-10H2;2*1H3,(H,3,4);;;/q;;;;3*+2/p-6/b2*17-11+,18-12+;;;;;. The number of hydrogen-bond donors (Lipinski definition) is 0. The molecular weight excluding hydrogens is 877 g/mol. The number of oxime groups is 4. The Morgan fingerprint density at radius 1 is 0.436 bits per heavy atom. The maximum absolute atomic E-state index is 11.4. The van der Waals surface area contributed by atoms with E-state index in [1.54, 1.807) is 72.8 Å². The van der Waals surface area contributed by atoms with Gasteiger partial charge in [-0.05, 0) is 36.1 Å². The van der Waals surface area contributed by atoms with E-state index < -0.39 is 11.9 Å². The van der Waals surface area contributed by atoms with Crippen LogP contribution in [0, 0.1) is 0 Å². The van der Waals surface area contributed by atoms with Gasteiger partial charge >= 0.3 is 58.4 Å². The second-order valence-corrected chi connectivity index (χ2v) is 9.41. The van der Waals surface area contributed by atoms with Crippen LogP contribution in [-0.4, -0.2) is 63.2 Å². The molecule has 0 unspecified atom stereocenters. The summed E-state index contributed by atoms with van der Waals surface area (Å²) in [7, 11) is 0. The molecule has 0 aromatic heterocycles. The number of carboxylic acid groups (broad SMARTS) is 2. The number of carbonyl (C=O) groups is 2. The molecule has 0 N–H and O–H groups in total. The van der Waals surface area contributed by atoms with Crippen molar-refractivity contribution in [3.8, 4) is 23.0 Å². The molecule has 0 radical (unpaired) electrons. The quantitative estimate of drug-likeness (QED) is 0.0700. The van der Waals surface area contributed by atoms with Crippen LogP contribution in [0.15, 0.2) is 118 Å². The number of benzene rings is 4. The monoisotopic (exact) mass is 906 g/mol. The van der Waals surface area contributed by atoms with Gasteiger partial charge in [-0.15, -0.1) is 0 Å².